The summed E-state index contributed by atoms with van der Waals surface area (Å²) in [4.78, 5) is 13.3. The molecule has 0 aromatic carbocycles. The van der Waals surface area contributed by atoms with Crippen LogP contribution in [-0.2, 0) is 23.7 Å². The van der Waals surface area contributed by atoms with E-state index in [2.05, 4.69) is 67.8 Å². The summed E-state index contributed by atoms with van der Waals surface area (Å²) in [6.45, 7) is 2.74. The number of rotatable bonds is 58. The molecule has 86 heavy (non-hydrogen) atoms. The summed E-state index contributed by atoms with van der Waals surface area (Å²) in [7, 11) is 0. The lowest BCUT2D eigenvalue weighted by atomic mass is 9.97. The van der Waals surface area contributed by atoms with Crippen LogP contribution in [0, 0.1) is 0 Å². The molecule has 1 amide bonds. The van der Waals surface area contributed by atoms with Crippen LogP contribution in [0.3, 0.4) is 0 Å². The van der Waals surface area contributed by atoms with Crippen LogP contribution >= 0.6 is 0 Å². The Kier molecular flexibility index (Phi) is 52.6. The third-order valence-corrected chi connectivity index (χ3v) is 17.2. The summed E-state index contributed by atoms with van der Waals surface area (Å²) < 4.78 is 22.8. The Morgan fingerprint density at radius 1 is 0.419 bits per heavy atom. The monoisotopic (exact) mass is 1220 g/mol. The highest BCUT2D eigenvalue weighted by molar-refractivity contribution is 5.76. The van der Waals surface area contributed by atoms with Crippen LogP contribution in [0.4, 0.5) is 0 Å². The number of allylic oxidation sites excluding steroid dienone is 9. The minimum atomic E-state index is -1.79. The fraction of sp³-hybridized carbons (Fsp3) is 0.847. The van der Waals surface area contributed by atoms with Crippen LogP contribution in [0.1, 0.15) is 296 Å². The predicted molar refractivity (Wildman–Crippen MR) is 350 cm³/mol. The number of unbranched alkanes of at least 4 members (excludes halogenated alkanes) is 37. The molecule has 2 rings (SSSR count). The van der Waals surface area contributed by atoms with Gasteiger partial charge in [-0.1, -0.05) is 274 Å². The van der Waals surface area contributed by atoms with Crippen LogP contribution in [0.2, 0.25) is 0 Å². The van der Waals surface area contributed by atoms with E-state index in [1.54, 1.807) is 6.08 Å². The van der Waals surface area contributed by atoms with Gasteiger partial charge in [0.25, 0.3) is 0 Å². The molecule has 0 aromatic heterocycles. The lowest BCUT2D eigenvalue weighted by Gasteiger charge is -2.46. The predicted octanol–water partition coefficient (Wildman–Crippen LogP) is 14.5. The maximum Gasteiger partial charge on any atom is 0.220 e. The van der Waals surface area contributed by atoms with Gasteiger partial charge in [0.15, 0.2) is 12.6 Å². The number of carbonyl (C=O) groups excluding carboxylic acids is 1. The molecule has 0 spiro atoms. The van der Waals surface area contributed by atoms with Gasteiger partial charge in [-0.15, -0.1) is 0 Å². The summed E-state index contributed by atoms with van der Waals surface area (Å²) in [5, 5.41) is 87.1. The fourth-order valence-electron chi connectivity index (χ4n) is 11.5. The summed E-state index contributed by atoms with van der Waals surface area (Å²) in [5.41, 5.74) is 0. The van der Waals surface area contributed by atoms with E-state index in [0.29, 0.717) is 12.8 Å². The maximum atomic E-state index is 13.3. The molecule has 12 unspecified atom stereocenters. The van der Waals surface area contributed by atoms with Gasteiger partial charge >= 0.3 is 0 Å². The van der Waals surface area contributed by atoms with E-state index in [-0.39, 0.29) is 18.9 Å². The van der Waals surface area contributed by atoms with E-state index >= 15 is 0 Å². The van der Waals surface area contributed by atoms with Gasteiger partial charge in [0.05, 0.1) is 32.0 Å². The van der Waals surface area contributed by atoms with Crippen molar-refractivity contribution in [1.82, 2.24) is 5.32 Å². The maximum absolute atomic E-state index is 13.3. The molecule has 12 atom stereocenters. The SMILES string of the molecule is CCCCC/C=C/CC/C=C/CC/C=C/C(O)C(COC1OC(CO)C(OC2OC(CO)C(O)C(O)C2O)C(O)C1O)NC(=O)CCCCCCCCCCCCCCCCCCCCCCCCCCCCC/C=C\C/C=C\CCCCCCC. The van der Waals surface area contributed by atoms with Gasteiger partial charge in [-0.05, 0) is 77.0 Å². The van der Waals surface area contributed by atoms with E-state index in [4.69, 9.17) is 18.9 Å². The van der Waals surface area contributed by atoms with Crippen LogP contribution in [0.15, 0.2) is 60.8 Å². The molecule has 9 N–H and O–H groups in total. The number of aliphatic hydroxyl groups excluding tert-OH is 8. The van der Waals surface area contributed by atoms with E-state index in [1.165, 1.54) is 212 Å². The number of hydrogen-bond acceptors (Lipinski definition) is 13. The van der Waals surface area contributed by atoms with Gasteiger partial charge < -0.3 is 65.1 Å². The first kappa shape index (κ1) is 79.8. The smallest absolute Gasteiger partial charge is 0.220 e. The second-order valence-corrected chi connectivity index (χ2v) is 25.0. The topological polar surface area (TPSA) is 228 Å². The number of hydrogen-bond donors (Lipinski definition) is 9. The van der Waals surface area contributed by atoms with Crippen molar-refractivity contribution < 1.29 is 64.6 Å². The molecule has 0 aromatic rings. The highest BCUT2D eigenvalue weighted by Crippen LogP contribution is 2.30. The second kappa shape index (κ2) is 56.7. The zero-order chi connectivity index (χ0) is 62.3. The molecule has 2 aliphatic rings. The minimum absolute atomic E-state index is 0.251. The number of amides is 1. The zero-order valence-electron chi connectivity index (χ0n) is 54.6. The van der Waals surface area contributed by atoms with Crippen molar-refractivity contribution in [2.45, 2.75) is 370 Å². The third kappa shape index (κ3) is 40.4. The molecular formula is C72H131NO13. The van der Waals surface area contributed by atoms with E-state index in [1.807, 2.05) is 6.08 Å². The van der Waals surface area contributed by atoms with Gasteiger partial charge in [0, 0.05) is 6.42 Å². The highest BCUT2D eigenvalue weighted by Gasteiger charge is 2.51. The summed E-state index contributed by atoms with van der Waals surface area (Å²) in [5.74, 6) is -0.251. The molecule has 14 heteroatoms. The molecule has 2 aliphatic heterocycles. The number of nitrogens with one attached hydrogen (secondary N) is 1. The van der Waals surface area contributed by atoms with Crippen molar-refractivity contribution in [2.75, 3.05) is 19.8 Å². The largest absolute Gasteiger partial charge is 0.394 e. The van der Waals surface area contributed by atoms with Crippen LogP contribution in [-0.4, -0.2) is 140 Å². The number of ether oxygens (including phenoxy) is 4. The molecule has 14 nitrogen and oxygen atoms in total. The zero-order valence-corrected chi connectivity index (χ0v) is 54.6. The Hall–Kier alpha value is -2.31. The first-order valence-electron chi connectivity index (χ1n) is 35.5. The molecule has 2 saturated heterocycles. The molecule has 0 aliphatic carbocycles. The molecule has 502 valence electrons. The normalized spacial score (nSPS) is 23.7. The lowest BCUT2D eigenvalue weighted by Crippen LogP contribution is -2.65. The summed E-state index contributed by atoms with van der Waals surface area (Å²) in [6.07, 6.45) is 58.9. The van der Waals surface area contributed by atoms with Gasteiger partial charge in [-0.3, -0.25) is 4.79 Å². The van der Waals surface area contributed by atoms with Gasteiger partial charge in [-0.2, -0.15) is 0 Å². The first-order valence-corrected chi connectivity index (χ1v) is 35.5. The van der Waals surface area contributed by atoms with Crippen LogP contribution in [0.25, 0.3) is 0 Å². The average molecular weight is 1220 g/mol. The number of aliphatic hydroxyl groups is 8. The highest BCUT2D eigenvalue weighted by atomic mass is 16.7. The average Bonchev–Trinajstić information content (AvgIpc) is 2.92. The van der Waals surface area contributed by atoms with Gasteiger partial charge in [-0.25, -0.2) is 0 Å². The Morgan fingerprint density at radius 3 is 1.23 bits per heavy atom. The number of carbonyl (C=O) groups is 1. The molecular weight excluding hydrogens is 1090 g/mol. The Balaban J connectivity index is 1.55. The second-order valence-electron chi connectivity index (χ2n) is 25.0. The Morgan fingerprint density at radius 2 is 0.779 bits per heavy atom. The third-order valence-electron chi connectivity index (χ3n) is 17.2. The molecule has 2 heterocycles. The van der Waals surface area contributed by atoms with Crippen molar-refractivity contribution in [3.8, 4) is 0 Å². The quantitative estimate of drug-likeness (QED) is 0.0204. The molecule has 0 saturated carbocycles. The van der Waals surface area contributed by atoms with Gasteiger partial charge in [0.1, 0.15) is 48.8 Å². The van der Waals surface area contributed by atoms with E-state index in [9.17, 15) is 45.6 Å². The van der Waals surface area contributed by atoms with Gasteiger partial charge in [0.2, 0.25) is 5.91 Å². The lowest BCUT2D eigenvalue weighted by molar-refractivity contribution is -0.359. The molecule has 0 radical (unpaired) electrons. The van der Waals surface area contributed by atoms with E-state index in [0.717, 1.165) is 51.4 Å². The van der Waals surface area contributed by atoms with Crippen molar-refractivity contribution in [3.05, 3.63) is 60.8 Å². The standard InChI is InChI=1S/C72H131NO13/c1-3-5-7-9-11-13-15-17-18-19-20-21-22-23-24-25-26-27-28-29-30-31-32-33-34-35-36-37-38-39-40-41-42-44-46-48-50-52-54-56-64(77)73-60(61(76)55-53-51-49-47-45-43-16-14-12-10-8-6-4-2)59-83-71-69(82)67(80)70(63(58-75)85-71)86-72-68(81)66(79)65(78)62(57-74)84-72/h12,14-15,17,19-20,45,47,53,55,60-63,65-72,74-76,78-82H,3-11,13,16,18,21-44,46,48-52,54,56-59H2,1-2H3,(H,73,77)/b14-12+,17-15-,20-19-,47-45+,55-53+. The van der Waals surface area contributed by atoms with Crippen molar-refractivity contribution in [2.24, 2.45) is 0 Å². The first-order chi connectivity index (χ1) is 42.1. The Labute approximate surface area is 524 Å². The van der Waals surface area contributed by atoms with E-state index < -0.39 is 86.8 Å². The van der Waals surface area contributed by atoms with Crippen molar-refractivity contribution in [1.29, 1.82) is 0 Å². The summed E-state index contributed by atoms with van der Waals surface area (Å²) in [6, 6.07) is -0.937. The molecule has 0 bridgehead atoms. The molecule has 2 fully saturated rings. The van der Waals surface area contributed by atoms with Crippen molar-refractivity contribution >= 4 is 5.91 Å². The minimum Gasteiger partial charge on any atom is -0.394 e. The van der Waals surface area contributed by atoms with Crippen LogP contribution < -0.4 is 5.32 Å². The van der Waals surface area contributed by atoms with Crippen LogP contribution in [0.5, 0.6) is 0 Å². The Bertz CT molecular complexity index is 1670. The fourth-order valence-corrected chi connectivity index (χ4v) is 11.5. The van der Waals surface area contributed by atoms with Crippen molar-refractivity contribution in [3.63, 3.8) is 0 Å². The summed E-state index contributed by atoms with van der Waals surface area (Å²) >= 11 is 0.